The fourth-order valence-corrected chi connectivity index (χ4v) is 5.91. The van der Waals surface area contributed by atoms with Crippen molar-refractivity contribution in [2.45, 2.75) is 71.5 Å². The molecule has 4 aromatic rings. The molecule has 0 spiro atoms. The third-order valence-corrected chi connectivity index (χ3v) is 8.32. The number of hydrogen-bond donors (Lipinski definition) is 1. The second kappa shape index (κ2) is 10.9. The Morgan fingerprint density at radius 3 is 2.05 bits per heavy atom. The van der Waals surface area contributed by atoms with Gasteiger partial charge in [0.15, 0.2) is 0 Å². The fraction of sp³-hybridized carbons (Fsp3) is 0.344. The number of halogens is 8. The second-order valence-corrected chi connectivity index (χ2v) is 11.4. The van der Waals surface area contributed by atoms with Crippen molar-refractivity contribution in [3.63, 3.8) is 0 Å². The predicted molar refractivity (Wildman–Crippen MR) is 151 cm³/mol. The highest BCUT2D eigenvalue weighted by atomic mass is 19.4. The normalized spacial score (nSPS) is 15.2. The molecule has 0 saturated carbocycles. The fourth-order valence-electron chi connectivity index (χ4n) is 5.91. The Bertz CT molecular complexity index is 1710. The first-order valence-electron chi connectivity index (χ1n) is 14.0. The molecular formula is C32H30F8N4. The van der Waals surface area contributed by atoms with Crippen LogP contribution < -0.4 is 5.73 Å². The van der Waals surface area contributed by atoms with E-state index in [4.69, 9.17) is 10.8 Å². The van der Waals surface area contributed by atoms with Crippen molar-refractivity contribution >= 4 is 5.69 Å². The van der Waals surface area contributed by atoms with Gasteiger partial charge in [-0.05, 0) is 61.6 Å². The molecule has 4 nitrogen and oxygen atoms in total. The van der Waals surface area contributed by atoms with Crippen molar-refractivity contribution in [3.05, 3.63) is 99.2 Å². The number of alkyl halides is 6. The molecule has 1 aliphatic rings. The number of fused-ring (bicyclic) bond motifs is 1. The number of hydrogen-bond acceptors (Lipinski definition) is 3. The molecule has 0 saturated heterocycles. The van der Waals surface area contributed by atoms with Gasteiger partial charge in [0.2, 0.25) is 0 Å². The zero-order valence-electron chi connectivity index (χ0n) is 24.4. The molecule has 5 rings (SSSR count). The van der Waals surface area contributed by atoms with Crippen LogP contribution in [0.3, 0.4) is 0 Å². The average Bonchev–Trinajstić information content (AvgIpc) is 3.42. The van der Waals surface area contributed by atoms with Crippen molar-refractivity contribution < 1.29 is 35.1 Å². The summed E-state index contributed by atoms with van der Waals surface area (Å²) >= 11 is 0. The van der Waals surface area contributed by atoms with Crippen molar-refractivity contribution in [2.24, 2.45) is 0 Å². The van der Waals surface area contributed by atoms with Crippen LogP contribution in [0.25, 0.3) is 16.9 Å². The number of nitrogens with zero attached hydrogens (tertiary/aromatic N) is 3. The largest absolute Gasteiger partial charge is 0.416 e. The van der Waals surface area contributed by atoms with E-state index in [1.165, 1.54) is 0 Å². The van der Waals surface area contributed by atoms with Crippen LogP contribution in [0.15, 0.2) is 48.5 Å². The Morgan fingerprint density at radius 2 is 1.48 bits per heavy atom. The van der Waals surface area contributed by atoms with Crippen molar-refractivity contribution in [1.29, 1.82) is 0 Å². The van der Waals surface area contributed by atoms with Gasteiger partial charge >= 0.3 is 12.4 Å². The molecule has 0 bridgehead atoms. The number of para-hydroxylation sites is 1. The molecule has 0 fully saturated rings. The molecule has 0 atom stereocenters. The van der Waals surface area contributed by atoms with Gasteiger partial charge in [0.25, 0.3) is 0 Å². The maximum absolute atomic E-state index is 15.6. The molecule has 12 heteroatoms. The molecular weight excluding hydrogens is 592 g/mol. The Labute approximate surface area is 249 Å². The van der Waals surface area contributed by atoms with Gasteiger partial charge in [-0.25, -0.2) is 13.5 Å². The van der Waals surface area contributed by atoms with Crippen LogP contribution in [0.4, 0.5) is 40.8 Å². The third-order valence-electron chi connectivity index (χ3n) is 8.32. The van der Waals surface area contributed by atoms with Gasteiger partial charge in [-0.2, -0.15) is 31.4 Å². The lowest BCUT2D eigenvalue weighted by atomic mass is 9.97. The number of aryl methyl sites for hydroxylation is 2. The highest BCUT2D eigenvalue weighted by Gasteiger charge is 2.45. The molecule has 2 N–H and O–H groups in total. The zero-order valence-corrected chi connectivity index (χ0v) is 24.4. The highest BCUT2D eigenvalue weighted by Crippen LogP contribution is 2.47. The van der Waals surface area contributed by atoms with Crippen molar-refractivity contribution in [3.8, 4) is 16.9 Å². The molecule has 0 radical (unpaired) electrons. The quantitative estimate of drug-likeness (QED) is 0.173. The van der Waals surface area contributed by atoms with Gasteiger partial charge < -0.3 is 5.73 Å². The minimum absolute atomic E-state index is 0.0306. The smallest absolute Gasteiger partial charge is 0.396 e. The number of rotatable bonds is 6. The maximum Gasteiger partial charge on any atom is 0.416 e. The zero-order chi connectivity index (χ0) is 32.4. The van der Waals surface area contributed by atoms with Gasteiger partial charge in [-0.3, -0.25) is 4.90 Å². The molecule has 0 unspecified atom stereocenters. The Morgan fingerprint density at radius 1 is 0.841 bits per heavy atom. The lowest BCUT2D eigenvalue weighted by Gasteiger charge is -2.33. The Hall–Kier alpha value is -3.93. The lowest BCUT2D eigenvalue weighted by molar-refractivity contribution is -0.143. The van der Waals surface area contributed by atoms with Crippen LogP contribution in [0.1, 0.15) is 66.8 Å². The summed E-state index contributed by atoms with van der Waals surface area (Å²) in [4.78, 5) is 1.63. The molecule has 1 aliphatic heterocycles. The summed E-state index contributed by atoms with van der Waals surface area (Å²) in [5.41, 5.74) is 4.54. The average molecular weight is 623 g/mol. The van der Waals surface area contributed by atoms with E-state index >= 15 is 4.39 Å². The molecule has 2 heterocycles. The third kappa shape index (κ3) is 5.33. The molecule has 234 valence electrons. The van der Waals surface area contributed by atoms with Gasteiger partial charge in [-0.15, -0.1) is 0 Å². The van der Waals surface area contributed by atoms with Crippen LogP contribution in [0.5, 0.6) is 0 Å². The van der Waals surface area contributed by atoms with Crippen LogP contribution in [-0.4, -0.2) is 14.7 Å². The number of aromatic nitrogens is 2. The number of nitrogens with two attached hydrogens (primary N) is 1. The van der Waals surface area contributed by atoms with Crippen LogP contribution in [0, 0.1) is 11.6 Å². The Balaban J connectivity index is 1.70. The van der Waals surface area contributed by atoms with Crippen molar-refractivity contribution in [2.75, 3.05) is 5.73 Å². The summed E-state index contributed by atoms with van der Waals surface area (Å²) in [6, 6.07) is 9.14. The first-order valence-corrected chi connectivity index (χ1v) is 14.0. The second-order valence-electron chi connectivity index (χ2n) is 11.4. The minimum atomic E-state index is -5.04. The number of benzene rings is 3. The minimum Gasteiger partial charge on any atom is -0.396 e. The maximum atomic E-state index is 15.6. The monoisotopic (exact) mass is 622 g/mol. The summed E-state index contributed by atoms with van der Waals surface area (Å²) < 4.78 is 114. The SMILES string of the molecule is CCc1cccc(CC)c1-n1nc2c(c1-c1cc(F)c(N)cc1F)CN(Cc1ccc(C(F)(F)F)cc1C(F)(F)F)C2(C)C. The summed E-state index contributed by atoms with van der Waals surface area (Å²) in [6.07, 6.45) is -8.78. The van der Waals surface area contributed by atoms with Crippen LogP contribution in [0.2, 0.25) is 0 Å². The van der Waals surface area contributed by atoms with Gasteiger partial charge in [0, 0.05) is 30.3 Å². The van der Waals surface area contributed by atoms with E-state index in [1.54, 1.807) is 23.4 Å². The van der Waals surface area contributed by atoms with Crippen LogP contribution >= 0.6 is 0 Å². The first-order chi connectivity index (χ1) is 20.5. The summed E-state index contributed by atoms with van der Waals surface area (Å²) in [5, 5.41) is 4.89. The van der Waals surface area contributed by atoms with E-state index in [2.05, 4.69) is 0 Å². The van der Waals surface area contributed by atoms with E-state index in [0.29, 0.717) is 35.9 Å². The number of nitrogen functional groups attached to an aromatic ring is 1. The molecule has 0 amide bonds. The van der Waals surface area contributed by atoms with Gasteiger partial charge in [-0.1, -0.05) is 38.1 Å². The molecule has 0 aliphatic carbocycles. The number of anilines is 1. The van der Waals surface area contributed by atoms with E-state index in [9.17, 15) is 30.7 Å². The molecule has 3 aromatic carbocycles. The van der Waals surface area contributed by atoms with Crippen molar-refractivity contribution in [1.82, 2.24) is 14.7 Å². The standard InChI is InChI=1S/C32H30F8N4/c1-5-17-8-7-9-18(6-2)27(17)44-28(21-13-25(34)26(41)14-24(21)33)22-16-43(30(3,4)29(22)42-44)15-19-10-11-20(31(35,36)37)12-23(19)32(38,39)40/h7-14H,5-6,15-16,41H2,1-4H3. The lowest BCUT2D eigenvalue weighted by Crippen LogP contribution is -2.36. The molecule has 1 aromatic heterocycles. The summed E-state index contributed by atoms with van der Waals surface area (Å²) in [6.45, 7) is 6.95. The Kier molecular flexibility index (Phi) is 7.80. The summed E-state index contributed by atoms with van der Waals surface area (Å²) in [7, 11) is 0. The first kappa shape index (κ1) is 31.5. The summed E-state index contributed by atoms with van der Waals surface area (Å²) in [5.74, 6) is -1.66. The van der Waals surface area contributed by atoms with Gasteiger partial charge in [0.05, 0.1) is 39.4 Å². The van der Waals surface area contributed by atoms with Gasteiger partial charge in [0.1, 0.15) is 11.6 Å². The highest BCUT2D eigenvalue weighted by molar-refractivity contribution is 5.72. The topological polar surface area (TPSA) is 47.1 Å². The molecule has 44 heavy (non-hydrogen) atoms. The predicted octanol–water partition coefficient (Wildman–Crippen LogP) is 8.81. The van der Waals surface area contributed by atoms with E-state index in [0.717, 1.165) is 29.3 Å². The van der Waals surface area contributed by atoms with Crippen LogP contribution in [-0.2, 0) is 43.8 Å². The van der Waals surface area contributed by atoms with E-state index < -0.39 is 40.7 Å². The van der Waals surface area contributed by atoms with E-state index in [-0.39, 0.29) is 41.7 Å². The van der Waals surface area contributed by atoms with E-state index in [1.807, 2.05) is 32.0 Å².